The van der Waals surface area contributed by atoms with Crippen LogP contribution in [0.2, 0.25) is 0 Å². The molecule has 1 aliphatic rings. The number of esters is 1. The highest BCUT2D eigenvalue weighted by Gasteiger charge is 2.41. The summed E-state index contributed by atoms with van der Waals surface area (Å²) < 4.78 is 5.69. The molecule has 0 radical (unpaired) electrons. The molecule has 4 unspecified atom stereocenters. The number of aliphatic carboxylic acids is 3. The number of hydrogen-bond acceptors (Lipinski definition) is 24. The first-order valence-corrected chi connectivity index (χ1v) is 36.9. The number of ether oxygens (including phenoxy) is 1. The lowest BCUT2D eigenvalue weighted by molar-refractivity contribution is -0.156. The predicted octanol–water partition coefficient (Wildman–Crippen LogP) is -6.22. The normalized spacial score (nSPS) is 21.2. The number of aliphatic hydroxyl groups excluding tert-OH is 1. The van der Waals surface area contributed by atoms with Gasteiger partial charge in [0.15, 0.2) is 5.78 Å². The molecular formula is C72H102N18O25. The summed E-state index contributed by atoms with van der Waals surface area (Å²) in [4.78, 5) is 277. The summed E-state index contributed by atoms with van der Waals surface area (Å²) in [5, 5.41) is 69.3. The molecule has 2 aromatic carbocycles. The number of aromatic nitrogens is 1. The van der Waals surface area contributed by atoms with E-state index in [-0.39, 0.29) is 43.5 Å². The van der Waals surface area contributed by atoms with Gasteiger partial charge in [-0.1, -0.05) is 82.7 Å². The van der Waals surface area contributed by atoms with Crippen molar-refractivity contribution in [2.75, 3.05) is 32.0 Å². The fourth-order valence-corrected chi connectivity index (χ4v) is 11.8. The maximum Gasteiger partial charge on any atom is 0.329 e. The number of benzene rings is 2. The van der Waals surface area contributed by atoms with Crippen molar-refractivity contribution < 1.29 is 121 Å². The second kappa shape index (κ2) is 47.6. The Bertz CT molecular complexity index is 4040. The molecule has 115 heavy (non-hydrogen) atoms. The summed E-state index contributed by atoms with van der Waals surface area (Å²) >= 11 is 0. The number of nitrogen functional groups attached to an aromatic ring is 1. The van der Waals surface area contributed by atoms with E-state index in [1.54, 1.807) is 30.5 Å². The Kier molecular flexibility index (Phi) is 39.2. The maximum atomic E-state index is 14.8. The number of rotatable bonds is 35. The Labute approximate surface area is 658 Å². The Balaban J connectivity index is 1.87. The molecule has 2 heterocycles. The minimum Gasteiger partial charge on any atom is -0.481 e. The van der Waals surface area contributed by atoms with Crippen molar-refractivity contribution in [2.24, 2.45) is 23.1 Å². The van der Waals surface area contributed by atoms with Gasteiger partial charge >= 0.3 is 23.9 Å². The summed E-state index contributed by atoms with van der Waals surface area (Å²) in [5.74, 6) is -28.9. The average Bonchev–Trinajstić information content (AvgIpc) is 1.72. The van der Waals surface area contributed by atoms with E-state index in [1.807, 2.05) is 5.32 Å². The molecule has 1 saturated heterocycles. The van der Waals surface area contributed by atoms with Crippen LogP contribution in [0.5, 0.6) is 0 Å². The summed E-state index contributed by atoms with van der Waals surface area (Å²) in [5.41, 5.74) is 23.4. The number of hydrogen-bond donors (Lipinski definition) is 22. The third kappa shape index (κ3) is 32.5. The predicted molar refractivity (Wildman–Crippen MR) is 402 cm³/mol. The van der Waals surface area contributed by atoms with Gasteiger partial charge in [0.05, 0.1) is 51.8 Å². The monoisotopic (exact) mass is 1620 g/mol. The third-order valence-electron chi connectivity index (χ3n) is 17.9. The SMILES string of the molecule is CCCCCCCCCC(=O)N[C@@H](Cc1c[nH]c2ccccc12)C(=O)N[C@@H](CC(N)=O)C(=O)N[C@@H](CC(=O)O)C(=O)NC1C(=O)NCC(=O)N[C@@H](CCCN)C(=O)NC(CC(=O)O)C(=O)N[C@H](C)C(=O)N[C@@H](CC(N)=O)C(=O)NCC(=O)N[C@H](CO)C(=O)NC([C@H](C)CC(=O)O)C(=O)N[C@@H](CC(=O)c2ccccc2N)C(=O)OC1C. The second-order valence-electron chi connectivity index (χ2n) is 27.3. The van der Waals surface area contributed by atoms with Crippen LogP contribution in [0, 0.1) is 5.92 Å². The Morgan fingerprint density at radius 1 is 0.548 bits per heavy atom. The molecule has 3 aromatic rings. The van der Waals surface area contributed by atoms with Crippen LogP contribution >= 0.6 is 0 Å². The van der Waals surface area contributed by atoms with Crippen molar-refractivity contribution in [3.05, 3.63) is 65.9 Å². The highest BCUT2D eigenvalue weighted by atomic mass is 16.5. The number of para-hydroxylation sites is 2. The van der Waals surface area contributed by atoms with Crippen molar-refractivity contribution in [3.8, 4) is 0 Å². The maximum absolute atomic E-state index is 14.8. The molecule has 0 spiro atoms. The fraction of sp³-hybridized carbons (Fsp3) is 0.528. The lowest BCUT2D eigenvalue weighted by Gasteiger charge is -2.30. The van der Waals surface area contributed by atoms with Gasteiger partial charge < -0.3 is 122 Å². The largest absolute Gasteiger partial charge is 0.481 e. The van der Waals surface area contributed by atoms with Gasteiger partial charge in [-0.25, -0.2) is 4.79 Å². The Hall–Kier alpha value is -12.7. The number of carbonyl (C=O) groups is 20. The van der Waals surface area contributed by atoms with E-state index in [2.05, 4.69) is 75.7 Å². The lowest BCUT2D eigenvalue weighted by Crippen LogP contribution is -2.62. The van der Waals surface area contributed by atoms with E-state index in [4.69, 9.17) is 27.7 Å². The number of anilines is 1. The molecule has 26 N–H and O–H groups in total. The number of aliphatic hydroxyl groups is 1. The fourth-order valence-electron chi connectivity index (χ4n) is 11.8. The van der Waals surface area contributed by atoms with E-state index in [0.29, 0.717) is 29.3 Å². The number of carboxylic acids is 3. The molecule has 1 aromatic heterocycles. The van der Waals surface area contributed by atoms with Crippen molar-refractivity contribution in [2.45, 2.75) is 209 Å². The van der Waals surface area contributed by atoms with Gasteiger partial charge in [-0.15, -0.1) is 0 Å². The minimum absolute atomic E-state index is 0.0165. The second-order valence-corrected chi connectivity index (χ2v) is 27.3. The van der Waals surface area contributed by atoms with Gasteiger partial charge in [-0.2, -0.15) is 0 Å². The number of nitrogens with one attached hydrogen (secondary N) is 14. The molecule has 0 saturated carbocycles. The van der Waals surface area contributed by atoms with Gasteiger partial charge in [0, 0.05) is 47.6 Å². The van der Waals surface area contributed by atoms with E-state index < -0.39 is 255 Å². The van der Waals surface area contributed by atoms with Crippen molar-refractivity contribution in [1.29, 1.82) is 0 Å². The van der Waals surface area contributed by atoms with E-state index in [1.165, 1.54) is 24.3 Å². The summed E-state index contributed by atoms with van der Waals surface area (Å²) in [7, 11) is 0. The van der Waals surface area contributed by atoms with Crippen LogP contribution in [0.4, 0.5) is 5.69 Å². The topological polar surface area (TPSA) is 708 Å². The van der Waals surface area contributed by atoms with Gasteiger partial charge in [0.1, 0.15) is 72.6 Å². The highest BCUT2D eigenvalue weighted by molar-refractivity contribution is 6.05. The number of nitrogens with two attached hydrogens (primary N) is 4. The number of carboxylic acid groups (broad SMARTS) is 3. The number of unbranched alkanes of at least 4 members (excludes halogenated alkanes) is 6. The van der Waals surface area contributed by atoms with E-state index in [9.17, 15) is 116 Å². The van der Waals surface area contributed by atoms with Crippen LogP contribution in [-0.2, 0) is 102 Å². The number of aromatic amines is 1. The van der Waals surface area contributed by atoms with Crippen LogP contribution in [0.3, 0.4) is 0 Å². The Morgan fingerprint density at radius 2 is 1.10 bits per heavy atom. The first-order chi connectivity index (χ1) is 54.4. The van der Waals surface area contributed by atoms with Crippen molar-refractivity contribution in [1.82, 2.24) is 74.1 Å². The number of ketones is 1. The molecule has 15 amide bonds. The molecule has 4 rings (SSSR count). The zero-order valence-corrected chi connectivity index (χ0v) is 63.7. The number of carbonyl (C=O) groups excluding carboxylic acids is 17. The van der Waals surface area contributed by atoms with E-state index in [0.717, 1.165) is 52.9 Å². The quantitative estimate of drug-likeness (QED) is 0.0113. The minimum atomic E-state index is -2.44. The highest BCUT2D eigenvalue weighted by Crippen LogP contribution is 2.22. The molecule has 1 aliphatic heterocycles. The van der Waals surface area contributed by atoms with Crippen molar-refractivity contribution >= 4 is 135 Å². The summed E-state index contributed by atoms with van der Waals surface area (Å²) in [6, 6.07) is -10.3. The van der Waals surface area contributed by atoms with Crippen LogP contribution < -0.4 is 92.1 Å². The number of H-pyrrole nitrogens is 1. The molecule has 0 bridgehead atoms. The number of Topliss-reactive ketones (excluding diaryl/α,β-unsaturated/α-hetero) is 1. The Morgan fingerprint density at radius 3 is 1.71 bits per heavy atom. The van der Waals surface area contributed by atoms with Gasteiger partial charge in [-0.3, -0.25) is 91.1 Å². The smallest absolute Gasteiger partial charge is 0.329 e. The molecule has 43 heteroatoms. The van der Waals surface area contributed by atoms with Gasteiger partial charge in [0.25, 0.3) is 0 Å². The van der Waals surface area contributed by atoms with Crippen LogP contribution in [0.1, 0.15) is 146 Å². The molecule has 630 valence electrons. The number of cyclic esters (lactones) is 1. The zero-order chi connectivity index (χ0) is 85.8. The van der Waals surface area contributed by atoms with Gasteiger partial charge in [0.2, 0.25) is 88.6 Å². The van der Waals surface area contributed by atoms with Crippen LogP contribution in [0.25, 0.3) is 10.9 Å². The zero-order valence-electron chi connectivity index (χ0n) is 63.7. The number of primary amides is 2. The molecule has 13 atom stereocenters. The molecule has 0 aliphatic carbocycles. The number of amides is 15. The van der Waals surface area contributed by atoms with Crippen LogP contribution in [-0.4, -0.2) is 242 Å². The molecular weight excluding hydrogens is 1520 g/mol. The first-order valence-electron chi connectivity index (χ1n) is 36.9. The third-order valence-corrected chi connectivity index (χ3v) is 17.9. The van der Waals surface area contributed by atoms with E-state index >= 15 is 0 Å². The summed E-state index contributed by atoms with van der Waals surface area (Å²) in [6.07, 6.45) is -2.03. The lowest BCUT2D eigenvalue weighted by atomic mass is 9.96. The number of fused-ring (bicyclic) bond motifs is 1. The van der Waals surface area contributed by atoms with Gasteiger partial charge in [-0.05, 0) is 69.3 Å². The van der Waals surface area contributed by atoms with Crippen LogP contribution in [0.15, 0.2) is 54.7 Å². The molecule has 43 nitrogen and oxygen atoms in total. The molecule has 1 fully saturated rings. The first kappa shape index (κ1) is 94.7. The average molecular weight is 1620 g/mol. The standard InChI is InChI=1S/C72H102N18O25/c1-5-6-7-8-9-10-11-22-54(95)82-44(25-38-31-77-42-20-15-13-17-39(38)42)66(108)85-46(28-53(76)94)67(109)87-48(30-59(102)103)68(110)90-61-37(4)115-72(114)49(26-51(92)40-18-12-14-19-41(40)74)88-71(113)60(35(2)24-57(98)99)89-69(111)50(34-91)83-56(97)32-78-63(105)45(27-52(75)93)84-62(104)36(3)80-65(107)47(29-58(100)101)86-64(106)43(21-16-23-73)81-55(96)33-79-70(61)112/h12-15,17-20,31,35-37,43-50,60-61,77,91H,5-11,16,21-30,32-34,73-74H2,1-4H3,(H2,75,93)(H2,76,94)(H,78,105)(H,79,112)(H,80,107)(H,81,96)(H,82,95)(H,83,97)(H,84,104)(H,85,108)(H,86,106)(H,87,109)(H,88,113)(H,89,111)(H,90,110)(H,98,99)(H,100,101)(H,102,103)/t35-,36-,37?,43+,44+,45+,46+,47?,48+,49+,50-,60?,61?/m1/s1. The summed E-state index contributed by atoms with van der Waals surface area (Å²) in [6.45, 7) is 1.23. The van der Waals surface area contributed by atoms with Crippen molar-refractivity contribution in [3.63, 3.8) is 0 Å².